The molecule has 5 rings (SSSR count). The normalized spacial score (nSPS) is 12.3. The van der Waals surface area contributed by atoms with E-state index in [2.05, 4.69) is 30.2 Å². The quantitative estimate of drug-likeness (QED) is 0.200. The smallest absolute Gasteiger partial charge is 0.263 e. The van der Waals surface area contributed by atoms with Gasteiger partial charge in [-0.05, 0) is 67.6 Å². The molecule has 0 aliphatic rings. The minimum Gasteiger partial charge on any atom is -0.463 e. The molecule has 194 valence electrons. The summed E-state index contributed by atoms with van der Waals surface area (Å²) >= 11 is 6.90. The van der Waals surface area contributed by atoms with Crippen LogP contribution < -0.4 is 10.0 Å². The summed E-state index contributed by atoms with van der Waals surface area (Å²) in [5, 5.41) is 10.2. The van der Waals surface area contributed by atoms with Crippen LogP contribution in [0.2, 0.25) is 5.15 Å². The summed E-state index contributed by atoms with van der Waals surface area (Å²) in [7, 11) is -3.91. The largest absolute Gasteiger partial charge is 0.463 e. The molecule has 1 amide bonds. The monoisotopic (exact) mass is 570 g/mol. The lowest BCUT2D eigenvalue weighted by molar-refractivity contribution is -0.115. The number of thioether (sulfide) groups is 1. The first kappa shape index (κ1) is 25.6. The second-order valence-corrected chi connectivity index (χ2v) is 11.2. The number of carbonyl (C=O) groups excluding carboxylic acids is 1. The maximum Gasteiger partial charge on any atom is 0.263 e. The fraction of sp³-hybridized carbons (Fsp3) is 0.0833. The van der Waals surface area contributed by atoms with Crippen molar-refractivity contribution in [2.75, 3.05) is 10.0 Å². The van der Waals surface area contributed by atoms with Gasteiger partial charge in [-0.15, -0.1) is 10.2 Å². The molecule has 0 spiro atoms. The molecule has 1 unspecified atom stereocenters. The van der Waals surface area contributed by atoms with Crippen LogP contribution in [0.5, 0.6) is 0 Å². The van der Waals surface area contributed by atoms with E-state index in [0.717, 1.165) is 0 Å². The maximum absolute atomic E-state index is 12.8. The number of nitrogens with zero attached hydrogens (tertiary/aromatic N) is 3. The standard InChI is InChI=1S/C24H19ClN6O5S2/c1-14(37-24-27-21(17-4-2-12-35-17)22(28-24)18-5-3-13-36-18)23(32)26-15-6-8-16(9-7-15)38(33,34)31-20-11-10-19(25)29-30-20/h2-14H,1H3,(H,26,32)(H,27,28)(H,30,31). The average molecular weight is 571 g/mol. The highest BCUT2D eigenvalue weighted by atomic mass is 35.5. The lowest BCUT2D eigenvalue weighted by Crippen LogP contribution is -2.22. The molecule has 38 heavy (non-hydrogen) atoms. The second kappa shape index (κ2) is 10.7. The summed E-state index contributed by atoms with van der Waals surface area (Å²) in [5.41, 5.74) is 1.63. The third kappa shape index (κ3) is 5.74. The van der Waals surface area contributed by atoms with Crippen LogP contribution in [0.1, 0.15) is 6.92 Å². The SMILES string of the molecule is CC(Sc1nc(-c2ccco2)c(-c2ccco2)[nH]1)C(=O)Nc1ccc(S(=O)(=O)Nc2ccc(Cl)nn2)cc1. The molecule has 11 nitrogen and oxygen atoms in total. The number of amides is 1. The average Bonchev–Trinajstić information content (AvgIpc) is 3.67. The first-order valence-electron chi connectivity index (χ1n) is 11.1. The maximum atomic E-state index is 12.8. The predicted octanol–water partition coefficient (Wildman–Crippen LogP) is 5.29. The molecule has 0 aliphatic heterocycles. The summed E-state index contributed by atoms with van der Waals surface area (Å²) < 4.78 is 38.5. The summed E-state index contributed by atoms with van der Waals surface area (Å²) in [5.74, 6) is 0.876. The van der Waals surface area contributed by atoms with Gasteiger partial charge in [-0.3, -0.25) is 9.52 Å². The Morgan fingerprint density at radius 1 is 1.00 bits per heavy atom. The number of rotatable bonds is 9. The Balaban J connectivity index is 1.25. The molecule has 4 heterocycles. The number of carbonyl (C=O) groups is 1. The van der Waals surface area contributed by atoms with Gasteiger partial charge in [-0.25, -0.2) is 13.4 Å². The third-order valence-electron chi connectivity index (χ3n) is 5.16. The molecule has 0 saturated carbocycles. The molecule has 5 aromatic rings. The van der Waals surface area contributed by atoms with E-state index in [4.69, 9.17) is 20.4 Å². The summed E-state index contributed by atoms with van der Waals surface area (Å²) in [6.07, 6.45) is 3.11. The molecule has 4 aromatic heterocycles. The number of halogens is 1. The number of aromatic amines is 1. The van der Waals surface area contributed by atoms with Gasteiger partial charge in [0.1, 0.15) is 11.4 Å². The second-order valence-electron chi connectivity index (χ2n) is 7.84. The minimum absolute atomic E-state index is 0.0128. The van der Waals surface area contributed by atoms with Gasteiger partial charge in [0.15, 0.2) is 27.6 Å². The Hall–Kier alpha value is -4.07. The Kier molecular flexibility index (Phi) is 7.22. The van der Waals surface area contributed by atoms with Gasteiger partial charge in [0.05, 0.1) is 22.7 Å². The van der Waals surface area contributed by atoms with E-state index >= 15 is 0 Å². The zero-order chi connectivity index (χ0) is 26.7. The molecule has 3 N–H and O–H groups in total. The van der Waals surface area contributed by atoms with E-state index in [9.17, 15) is 13.2 Å². The van der Waals surface area contributed by atoms with E-state index in [1.54, 1.807) is 43.7 Å². The number of sulfonamides is 1. The molecule has 1 atom stereocenters. The van der Waals surface area contributed by atoms with Gasteiger partial charge in [0.2, 0.25) is 5.91 Å². The highest BCUT2D eigenvalue weighted by molar-refractivity contribution is 8.00. The number of imidazole rings is 1. The van der Waals surface area contributed by atoms with Crippen molar-refractivity contribution >= 4 is 50.8 Å². The Bertz CT molecular complexity index is 1580. The van der Waals surface area contributed by atoms with Crippen LogP contribution in [0.3, 0.4) is 0 Å². The fourth-order valence-corrected chi connectivity index (χ4v) is 5.25. The Morgan fingerprint density at radius 2 is 1.71 bits per heavy atom. The number of hydrogen-bond acceptors (Lipinski definition) is 9. The van der Waals surface area contributed by atoms with Crippen LogP contribution in [0, 0.1) is 0 Å². The van der Waals surface area contributed by atoms with E-state index in [0.29, 0.717) is 33.8 Å². The van der Waals surface area contributed by atoms with E-state index in [1.165, 1.54) is 48.2 Å². The number of nitrogens with one attached hydrogen (secondary N) is 3. The van der Waals surface area contributed by atoms with Crippen molar-refractivity contribution in [2.45, 2.75) is 22.2 Å². The predicted molar refractivity (Wildman–Crippen MR) is 142 cm³/mol. The molecular weight excluding hydrogens is 552 g/mol. The highest BCUT2D eigenvalue weighted by Gasteiger charge is 2.22. The topological polar surface area (TPSA) is 156 Å². The van der Waals surface area contributed by atoms with Crippen molar-refractivity contribution in [3.05, 3.63) is 78.3 Å². The summed E-state index contributed by atoms with van der Waals surface area (Å²) in [6.45, 7) is 1.73. The lowest BCUT2D eigenvalue weighted by atomic mass is 10.2. The molecule has 0 aliphatic carbocycles. The Labute approximate surface area is 226 Å². The number of H-pyrrole nitrogens is 1. The van der Waals surface area contributed by atoms with Crippen molar-refractivity contribution in [1.29, 1.82) is 0 Å². The van der Waals surface area contributed by atoms with Crippen LogP contribution in [-0.2, 0) is 14.8 Å². The van der Waals surface area contributed by atoms with Crippen LogP contribution >= 0.6 is 23.4 Å². The van der Waals surface area contributed by atoms with Crippen molar-refractivity contribution in [2.24, 2.45) is 0 Å². The fourth-order valence-electron chi connectivity index (χ4n) is 3.35. The first-order chi connectivity index (χ1) is 18.3. The zero-order valence-electron chi connectivity index (χ0n) is 19.6. The number of aromatic nitrogens is 4. The molecule has 0 saturated heterocycles. The zero-order valence-corrected chi connectivity index (χ0v) is 22.0. The first-order valence-corrected chi connectivity index (χ1v) is 13.8. The van der Waals surface area contributed by atoms with E-state index < -0.39 is 15.3 Å². The van der Waals surface area contributed by atoms with Gasteiger partial charge in [-0.1, -0.05) is 23.4 Å². The molecule has 1 aromatic carbocycles. The highest BCUT2D eigenvalue weighted by Crippen LogP contribution is 2.34. The van der Waals surface area contributed by atoms with Gasteiger partial charge in [-0.2, -0.15) is 0 Å². The van der Waals surface area contributed by atoms with Gasteiger partial charge >= 0.3 is 0 Å². The van der Waals surface area contributed by atoms with Crippen LogP contribution in [0.25, 0.3) is 22.9 Å². The number of furan rings is 2. The molecule has 0 bridgehead atoms. The molecule has 0 fully saturated rings. The van der Waals surface area contributed by atoms with Gasteiger partial charge in [0.25, 0.3) is 10.0 Å². The molecule has 14 heteroatoms. The van der Waals surface area contributed by atoms with Gasteiger partial charge in [0, 0.05) is 5.69 Å². The minimum atomic E-state index is -3.91. The van der Waals surface area contributed by atoms with Gasteiger partial charge < -0.3 is 19.1 Å². The molecule has 0 radical (unpaired) electrons. The summed E-state index contributed by atoms with van der Waals surface area (Å²) in [6, 6.07) is 15.7. The summed E-state index contributed by atoms with van der Waals surface area (Å²) in [4.78, 5) is 20.6. The Morgan fingerprint density at radius 3 is 2.34 bits per heavy atom. The van der Waals surface area contributed by atoms with E-state index in [1.807, 2.05) is 0 Å². The van der Waals surface area contributed by atoms with Crippen molar-refractivity contribution in [3.8, 4) is 22.9 Å². The lowest BCUT2D eigenvalue weighted by Gasteiger charge is -2.11. The van der Waals surface area contributed by atoms with Crippen molar-refractivity contribution in [3.63, 3.8) is 0 Å². The molecular formula is C24H19ClN6O5S2. The van der Waals surface area contributed by atoms with Crippen LogP contribution in [0.15, 0.2) is 92.1 Å². The number of hydrogen-bond donors (Lipinski definition) is 3. The number of anilines is 2. The van der Waals surface area contributed by atoms with Crippen molar-refractivity contribution in [1.82, 2.24) is 20.2 Å². The number of benzene rings is 1. The van der Waals surface area contributed by atoms with E-state index in [-0.39, 0.29) is 21.8 Å². The van der Waals surface area contributed by atoms with Crippen LogP contribution in [-0.4, -0.2) is 39.7 Å². The third-order valence-corrected chi connectivity index (χ3v) is 7.72. The van der Waals surface area contributed by atoms with Crippen LogP contribution in [0.4, 0.5) is 11.5 Å². The van der Waals surface area contributed by atoms with Crippen molar-refractivity contribution < 1.29 is 22.0 Å².